The molecule has 10 nitrogen and oxygen atoms in total. The number of hydrogen-bond acceptors (Lipinski definition) is 8. The Morgan fingerprint density at radius 1 is 1.08 bits per heavy atom. The summed E-state index contributed by atoms with van der Waals surface area (Å²) in [7, 11) is 3.60. The summed E-state index contributed by atoms with van der Waals surface area (Å²) in [6.45, 7) is 0. The van der Waals surface area contributed by atoms with Gasteiger partial charge >= 0.3 is 0 Å². The van der Waals surface area contributed by atoms with E-state index in [9.17, 15) is 9.50 Å². The molecular weight excluding hydrogens is 487 g/mol. The Balaban J connectivity index is 1.26. The third-order valence-electron chi connectivity index (χ3n) is 7.01. The first kappa shape index (κ1) is 24.1. The number of rotatable bonds is 5. The summed E-state index contributed by atoms with van der Waals surface area (Å²) >= 11 is 0. The van der Waals surface area contributed by atoms with Crippen molar-refractivity contribution in [3.8, 4) is 11.3 Å². The summed E-state index contributed by atoms with van der Waals surface area (Å²) in [5.41, 5.74) is 3.51. The maximum Gasteiger partial charge on any atom is 0.230 e. The maximum absolute atomic E-state index is 13.4. The number of likely N-dealkylation sites (N-methyl/N-ethyl adjacent to an activating group) is 1. The zero-order valence-electron chi connectivity index (χ0n) is 21.2. The quantitative estimate of drug-likeness (QED) is 0.406. The van der Waals surface area contributed by atoms with Crippen molar-refractivity contribution in [2.45, 2.75) is 44.1 Å². The molecule has 1 aliphatic heterocycles. The molecule has 4 heterocycles. The van der Waals surface area contributed by atoms with Gasteiger partial charge in [-0.15, -0.1) is 5.10 Å². The summed E-state index contributed by atoms with van der Waals surface area (Å²) in [5.74, 6) is 0.898. The number of aliphatic hydroxyl groups is 1. The minimum Gasteiger partial charge on any atom is -0.473 e. The second-order valence-electron chi connectivity index (χ2n) is 9.75. The van der Waals surface area contributed by atoms with Crippen LogP contribution >= 0.6 is 0 Å². The lowest BCUT2D eigenvalue weighted by molar-refractivity contribution is 0.0532. The molecule has 4 aromatic rings. The number of nitrogens with one attached hydrogen (secondary N) is 1. The zero-order chi connectivity index (χ0) is 26.2. The van der Waals surface area contributed by atoms with Crippen LogP contribution in [0.1, 0.15) is 31.7 Å². The molecule has 1 aromatic carbocycles. The monoisotopic (exact) mass is 516 g/mol. The van der Waals surface area contributed by atoms with E-state index in [0.29, 0.717) is 11.7 Å². The van der Waals surface area contributed by atoms with Crippen molar-refractivity contribution in [1.82, 2.24) is 29.6 Å². The molecule has 3 aromatic heterocycles. The number of nitrogens with zero attached hydrogens (tertiary/aromatic N) is 7. The molecule has 1 atom stereocenters. The van der Waals surface area contributed by atoms with E-state index in [1.165, 1.54) is 17.1 Å². The largest absolute Gasteiger partial charge is 0.473 e. The molecule has 0 radical (unpaired) electrons. The number of aryl methyl sites for hydroxylation is 1. The SMILES string of the molecule is CN1N=C(OC2CCC(n3nc(-c4cnn(C)c4)c4cnc(Nc5ccc(F)cc5)cc43)CC2)C=CC1O. The van der Waals surface area contributed by atoms with Crippen molar-refractivity contribution >= 4 is 28.3 Å². The van der Waals surface area contributed by atoms with Crippen LogP contribution in [0.15, 0.2) is 66.2 Å². The topological polar surface area (TPSA) is 106 Å². The molecule has 1 saturated carbocycles. The number of ether oxygens (including phenoxy) is 1. The number of pyridine rings is 1. The van der Waals surface area contributed by atoms with Gasteiger partial charge in [0, 0.05) is 55.3 Å². The number of benzene rings is 1. The highest BCUT2D eigenvalue weighted by molar-refractivity contribution is 5.94. The lowest BCUT2D eigenvalue weighted by Crippen LogP contribution is -2.32. The van der Waals surface area contributed by atoms with Crippen molar-refractivity contribution in [3.63, 3.8) is 0 Å². The standard InChI is InChI=1S/C27H29FN8O2/c1-34-16-17(14-30-34)27-22-15-29-24(31-19-5-3-18(28)4-6-19)13-23(22)36(33-27)20-7-9-21(10-8-20)38-25-11-12-26(37)35(2)32-25/h3-6,11-16,20-21,26,37H,7-10H2,1-2H3,(H,29,31). The second kappa shape index (κ2) is 9.90. The van der Waals surface area contributed by atoms with Gasteiger partial charge < -0.3 is 15.2 Å². The molecule has 1 fully saturated rings. The lowest BCUT2D eigenvalue weighted by Gasteiger charge is -2.30. The molecule has 196 valence electrons. The fourth-order valence-electron chi connectivity index (χ4n) is 5.00. The number of aliphatic hydroxyl groups excluding tert-OH is 1. The van der Waals surface area contributed by atoms with E-state index in [-0.39, 0.29) is 18.0 Å². The van der Waals surface area contributed by atoms with Crippen LogP contribution in [-0.4, -0.2) is 59.9 Å². The molecule has 0 bridgehead atoms. The van der Waals surface area contributed by atoms with Gasteiger partial charge in [0.1, 0.15) is 23.4 Å². The normalized spacial score (nSPS) is 21.5. The Hall–Kier alpha value is -4.25. The van der Waals surface area contributed by atoms with Crippen LogP contribution in [0.2, 0.25) is 0 Å². The van der Waals surface area contributed by atoms with Gasteiger partial charge in [-0.2, -0.15) is 10.2 Å². The first-order valence-electron chi connectivity index (χ1n) is 12.7. The van der Waals surface area contributed by atoms with Crippen molar-refractivity contribution in [3.05, 3.63) is 66.9 Å². The Morgan fingerprint density at radius 2 is 1.87 bits per heavy atom. The van der Waals surface area contributed by atoms with E-state index in [1.54, 1.807) is 36.0 Å². The number of anilines is 2. The highest BCUT2D eigenvalue weighted by atomic mass is 19.1. The van der Waals surface area contributed by atoms with Gasteiger partial charge in [-0.1, -0.05) is 0 Å². The molecule has 2 aliphatic rings. The van der Waals surface area contributed by atoms with Gasteiger partial charge in [0.25, 0.3) is 0 Å². The average Bonchev–Trinajstić information content (AvgIpc) is 3.51. The van der Waals surface area contributed by atoms with E-state index in [1.807, 2.05) is 31.7 Å². The third kappa shape index (κ3) is 4.84. The Labute approximate surface area is 219 Å². The maximum atomic E-state index is 13.4. The minimum absolute atomic E-state index is 0.0512. The molecule has 0 amide bonds. The van der Waals surface area contributed by atoms with Gasteiger partial charge in [0.05, 0.1) is 17.8 Å². The predicted octanol–water partition coefficient (Wildman–Crippen LogP) is 4.35. The van der Waals surface area contributed by atoms with Gasteiger partial charge in [0.15, 0.2) is 6.23 Å². The van der Waals surface area contributed by atoms with Crippen LogP contribution < -0.4 is 5.32 Å². The minimum atomic E-state index is -0.725. The molecule has 1 unspecified atom stereocenters. The average molecular weight is 517 g/mol. The van der Waals surface area contributed by atoms with Crippen molar-refractivity contribution in [2.24, 2.45) is 12.1 Å². The number of aromatic nitrogens is 5. The lowest BCUT2D eigenvalue weighted by atomic mass is 9.93. The van der Waals surface area contributed by atoms with Crippen LogP contribution in [0.25, 0.3) is 22.2 Å². The molecule has 11 heteroatoms. The van der Waals surface area contributed by atoms with Crippen LogP contribution in [0.3, 0.4) is 0 Å². The fourth-order valence-corrected chi connectivity index (χ4v) is 5.00. The molecule has 38 heavy (non-hydrogen) atoms. The first-order chi connectivity index (χ1) is 18.4. The van der Waals surface area contributed by atoms with E-state index in [0.717, 1.165) is 53.5 Å². The summed E-state index contributed by atoms with van der Waals surface area (Å²) < 4.78 is 23.3. The summed E-state index contributed by atoms with van der Waals surface area (Å²) in [5, 5.41) is 29.2. The Kier molecular flexibility index (Phi) is 6.28. The molecule has 1 aliphatic carbocycles. The van der Waals surface area contributed by atoms with Crippen LogP contribution in [0.4, 0.5) is 15.9 Å². The number of fused-ring (bicyclic) bond motifs is 1. The molecule has 2 N–H and O–H groups in total. The van der Waals surface area contributed by atoms with E-state index in [4.69, 9.17) is 9.84 Å². The first-order valence-corrected chi connectivity index (χ1v) is 12.7. The smallest absolute Gasteiger partial charge is 0.230 e. The van der Waals surface area contributed by atoms with Crippen LogP contribution in [-0.2, 0) is 11.8 Å². The predicted molar refractivity (Wildman–Crippen MR) is 142 cm³/mol. The van der Waals surface area contributed by atoms with Gasteiger partial charge in [0.2, 0.25) is 5.90 Å². The molecule has 0 spiro atoms. The zero-order valence-corrected chi connectivity index (χ0v) is 21.2. The van der Waals surface area contributed by atoms with E-state index in [2.05, 4.69) is 25.2 Å². The number of halogens is 1. The highest BCUT2D eigenvalue weighted by Gasteiger charge is 2.28. The number of hydrazone groups is 1. The second-order valence-corrected chi connectivity index (χ2v) is 9.75. The number of hydrogen-bond donors (Lipinski definition) is 2. The van der Waals surface area contributed by atoms with Crippen molar-refractivity contribution in [2.75, 3.05) is 12.4 Å². The van der Waals surface area contributed by atoms with Crippen LogP contribution in [0.5, 0.6) is 0 Å². The van der Waals surface area contributed by atoms with Crippen molar-refractivity contribution in [1.29, 1.82) is 0 Å². The van der Waals surface area contributed by atoms with Crippen LogP contribution in [0, 0.1) is 5.82 Å². The fraction of sp³-hybridized carbons (Fsp3) is 0.333. The van der Waals surface area contributed by atoms with E-state index >= 15 is 0 Å². The van der Waals surface area contributed by atoms with Gasteiger partial charge in [-0.3, -0.25) is 14.4 Å². The Bertz CT molecular complexity index is 1500. The van der Waals surface area contributed by atoms with E-state index < -0.39 is 6.23 Å². The van der Waals surface area contributed by atoms with Crippen molar-refractivity contribution < 1.29 is 14.2 Å². The third-order valence-corrected chi connectivity index (χ3v) is 7.01. The highest BCUT2D eigenvalue weighted by Crippen LogP contribution is 2.36. The summed E-state index contributed by atoms with van der Waals surface area (Å²) in [4.78, 5) is 4.62. The van der Waals surface area contributed by atoms with Gasteiger partial charge in [-0.05, 0) is 56.0 Å². The Morgan fingerprint density at radius 3 is 2.58 bits per heavy atom. The van der Waals surface area contributed by atoms with Gasteiger partial charge in [-0.25, -0.2) is 9.37 Å². The summed E-state index contributed by atoms with van der Waals surface area (Å²) in [6, 6.07) is 8.40. The molecular formula is C27H29FN8O2. The summed E-state index contributed by atoms with van der Waals surface area (Å²) in [6.07, 6.45) is 11.8. The molecule has 0 saturated heterocycles. The molecule has 6 rings (SSSR count).